The van der Waals surface area contributed by atoms with E-state index in [0.717, 1.165) is 12.1 Å². The second-order valence-corrected chi connectivity index (χ2v) is 7.81. The molecular formula is C24H17ClF3N3O2. The summed E-state index contributed by atoms with van der Waals surface area (Å²) in [6.07, 6.45) is -1.68. The number of carbonyl (C=O) groups is 1. The van der Waals surface area contributed by atoms with Crippen molar-refractivity contribution in [2.75, 3.05) is 5.32 Å². The Labute approximate surface area is 191 Å². The van der Waals surface area contributed by atoms with Gasteiger partial charge in [-0.15, -0.1) is 0 Å². The van der Waals surface area contributed by atoms with Crippen molar-refractivity contribution in [3.8, 4) is 5.69 Å². The van der Waals surface area contributed by atoms with E-state index in [1.165, 1.54) is 10.6 Å². The van der Waals surface area contributed by atoms with Crippen molar-refractivity contribution in [2.24, 2.45) is 0 Å². The number of nitrogens with zero attached hydrogens (tertiary/aromatic N) is 2. The van der Waals surface area contributed by atoms with Gasteiger partial charge < -0.3 is 5.32 Å². The van der Waals surface area contributed by atoms with Crippen molar-refractivity contribution in [3.05, 3.63) is 99.2 Å². The summed E-state index contributed by atoms with van der Waals surface area (Å²) in [6, 6.07) is 13.5. The van der Waals surface area contributed by atoms with E-state index in [0.29, 0.717) is 27.8 Å². The fourth-order valence-corrected chi connectivity index (χ4v) is 3.81. The van der Waals surface area contributed by atoms with Crippen molar-refractivity contribution < 1.29 is 18.0 Å². The molecule has 2 heterocycles. The van der Waals surface area contributed by atoms with Gasteiger partial charge in [-0.25, -0.2) is 0 Å². The predicted molar refractivity (Wildman–Crippen MR) is 121 cm³/mol. The molecule has 168 valence electrons. The van der Waals surface area contributed by atoms with Crippen LogP contribution in [0.25, 0.3) is 16.5 Å². The van der Waals surface area contributed by atoms with E-state index in [-0.39, 0.29) is 17.5 Å². The standard InChI is InChI=1S/C24H17ClF3N3O2/c1-14-21(6-3-10-29-14)31-11-9-16-17(23(31)33)4-2-5-20(16)30-22(32)13-15-7-8-19(25)18(12-15)24(26,27)28/h2-12H,13H2,1H3,(H,30,32). The molecule has 1 N–H and O–H groups in total. The molecule has 0 radical (unpaired) electrons. The van der Waals surface area contributed by atoms with Crippen LogP contribution in [0.2, 0.25) is 5.02 Å². The van der Waals surface area contributed by atoms with E-state index in [4.69, 9.17) is 11.6 Å². The topological polar surface area (TPSA) is 64.0 Å². The molecule has 2 aromatic heterocycles. The zero-order valence-electron chi connectivity index (χ0n) is 17.3. The molecule has 0 saturated heterocycles. The number of carbonyl (C=O) groups excluding carboxylic acids is 1. The number of anilines is 1. The van der Waals surface area contributed by atoms with Crippen LogP contribution in [0.3, 0.4) is 0 Å². The van der Waals surface area contributed by atoms with Crippen molar-refractivity contribution in [1.29, 1.82) is 0 Å². The van der Waals surface area contributed by atoms with Gasteiger partial charge in [0, 0.05) is 28.9 Å². The number of benzene rings is 2. The molecule has 0 saturated carbocycles. The number of hydrogen-bond acceptors (Lipinski definition) is 3. The Balaban J connectivity index is 1.64. The number of hydrogen-bond donors (Lipinski definition) is 1. The van der Waals surface area contributed by atoms with Crippen LogP contribution in [0.4, 0.5) is 18.9 Å². The summed E-state index contributed by atoms with van der Waals surface area (Å²) in [7, 11) is 0. The first kappa shape index (κ1) is 22.5. The third kappa shape index (κ3) is 4.61. The van der Waals surface area contributed by atoms with Gasteiger partial charge in [-0.3, -0.25) is 19.1 Å². The lowest BCUT2D eigenvalue weighted by Gasteiger charge is -2.13. The molecule has 0 aliphatic carbocycles. The number of aryl methyl sites for hydroxylation is 1. The van der Waals surface area contributed by atoms with E-state index in [9.17, 15) is 22.8 Å². The summed E-state index contributed by atoms with van der Waals surface area (Å²) >= 11 is 5.64. The predicted octanol–water partition coefficient (Wildman–Crippen LogP) is 5.55. The van der Waals surface area contributed by atoms with Crippen LogP contribution in [0.1, 0.15) is 16.8 Å². The maximum absolute atomic E-state index is 13.1. The zero-order chi connectivity index (χ0) is 23.8. The largest absolute Gasteiger partial charge is 0.417 e. The van der Waals surface area contributed by atoms with Crippen molar-refractivity contribution >= 4 is 34.0 Å². The van der Waals surface area contributed by atoms with Crippen LogP contribution < -0.4 is 10.9 Å². The van der Waals surface area contributed by atoms with E-state index in [2.05, 4.69) is 10.3 Å². The van der Waals surface area contributed by atoms with Gasteiger partial charge in [0.1, 0.15) is 0 Å². The highest BCUT2D eigenvalue weighted by Crippen LogP contribution is 2.35. The number of alkyl halides is 3. The third-order valence-electron chi connectivity index (χ3n) is 5.16. The summed E-state index contributed by atoms with van der Waals surface area (Å²) in [4.78, 5) is 29.9. The highest BCUT2D eigenvalue weighted by atomic mass is 35.5. The molecule has 0 atom stereocenters. The molecule has 2 aromatic carbocycles. The second-order valence-electron chi connectivity index (χ2n) is 7.40. The van der Waals surface area contributed by atoms with Crippen LogP contribution in [-0.4, -0.2) is 15.5 Å². The van der Waals surface area contributed by atoms with Crippen molar-refractivity contribution in [1.82, 2.24) is 9.55 Å². The Hall–Kier alpha value is -3.65. The molecule has 1 amide bonds. The van der Waals surface area contributed by atoms with Gasteiger partial charge in [0.15, 0.2) is 0 Å². The van der Waals surface area contributed by atoms with Crippen LogP contribution in [0, 0.1) is 6.92 Å². The third-order valence-corrected chi connectivity index (χ3v) is 5.49. The molecule has 4 rings (SSSR count). The molecule has 0 fully saturated rings. The molecule has 0 unspecified atom stereocenters. The summed E-state index contributed by atoms with van der Waals surface area (Å²) in [5.74, 6) is -0.523. The van der Waals surface area contributed by atoms with Gasteiger partial charge in [0.2, 0.25) is 5.91 Å². The molecule has 33 heavy (non-hydrogen) atoms. The molecule has 0 aliphatic heterocycles. The quantitative estimate of drug-likeness (QED) is 0.424. The van der Waals surface area contributed by atoms with Gasteiger partial charge in [0.25, 0.3) is 5.56 Å². The SMILES string of the molecule is Cc1ncccc1-n1ccc2c(NC(=O)Cc3ccc(Cl)c(C(F)(F)F)c3)cccc2c1=O. The van der Waals surface area contributed by atoms with Gasteiger partial charge in [0.05, 0.1) is 28.4 Å². The summed E-state index contributed by atoms with van der Waals surface area (Å²) < 4.78 is 40.7. The Kier molecular flexibility index (Phi) is 5.95. The van der Waals surface area contributed by atoms with Crippen LogP contribution in [-0.2, 0) is 17.4 Å². The lowest BCUT2D eigenvalue weighted by Crippen LogP contribution is -2.20. The highest BCUT2D eigenvalue weighted by molar-refractivity contribution is 6.31. The van der Waals surface area contributed by atoms with Crippen molar-refractivity contribution in [2.45, 2.75) is 19.5 Å². The minimum Gasteiger partial charge on any atom is -0.325 e. The molecule has 9 heteroatoms. The number of rotatable bonds is 4. The lowest BCUT2D eigenvalue weighted by atomic mass is 10.1. The molecule has 0 bridgehead atoms. The summed E-state index contributed by atoms with van der Waals surface area (Å²) in [5.41, 5.74) is 0.596. The number of aromatic nitrogens is 2. The fraction of sp³-hybridized carbons (Fsp3) is 0.125. The maximum Gasteiger partial charge on any atom is 0.417 e. The number of amides is 1. The van der Waals surface area contributed by atoms with Crippen LogP contribution in [0.15, 0.2) is 71.8 Å². The Morgan fingerprint density at radius 2 is 1.88 bits per heavy atom. The molecule has 5 nitrogen and oxygen atoms in total. The normalized spacial score (nSPS) is 11.5. The molecule has 0 aliphatic rings. The van der Waals surface area contributed by atoms with Gasteiger partial charge in [-0.2, -0.15) is 13.2 Å². The first-order valence-electron chi connectivity index (χ1n) is 9.87. The van der Waals surface area contributed by atoms with Crippen LogP contribution in [0.5, 0.6) is 0 Å². The minimum absolute atomic E-state index is 0.166. The smallest absolute Gasteiger partial charge is 0.325 e. The van der Waals surface area contributed by atoms with Gasteiger partial charge in [-0.1, -0.05) is 23.7 Å². The zero-order valence-corrected chi connectivity index (χ0v) is 18.0. The molecule has 4 aromatic rings. The average molecular weight is 472 g/mol. The average Bonchev–Trinajstić information content (AvgIpc) is 2.76. The number of pyridine rings is 2. The first-order chi connectivity index (χ1) is 15.6. The van der Waals surface area contributed by atoms with E-state index < -0.39 is 22.7 Å². The highest BCUT2D eigenvalue weighted by Gasteiger charge is 2.33. The number of nitrogens with one attached hydrogen (secondary N) is 1. The summed E-state index contributed by atoms with van der Waals surface area (Å²) in [5, 5.41) is 3.15. The monoisotopic (exact) mass is 471 g/mol. The first-order valence-corrected chi connectivity index (χ1v) is 10.2. The Morgan fingerprint density at radius 1 is 1.09 bits per heavy atom. The maximum atomic E-state index is 13.1. The Bertz CT molecular complexity index is 1430. The van der Waals surface area contributed by atoms with Gasteiger partial charge >= 0.3 is 6.18 Å². The fourth-order valence-electron chi connectivity index (χ4n) is 3.59. The Morgan fingerprint density at radius 3 is 2.61 bits per heavy atom. The van der Waals surface area contributed by atoms with E-state index >= 15 is 0 Å². The van der Waals surface area contributed by atoms with Crippen molar-refractivity contribution in [3.63, 3.8) is 0 Å². The minimum atomic E-state index is -4.62. The van der Waals surface area contributed by atoms with Crippen LogP contribution >= 0.6 is 11.6 Å². The molecule has 0 spiro atoms. The van der Waals surface area contributed by atoms with E-state index in [1.807, 2.05) is 0 Å². The van der Waals surface area contributed by atoms with Gasteiger partial charge in [-0.05, 0) is 55.0 Å². The summed E-state index contributed by atoms with van der Waals surface area (Å²) in [6.45, 7) is 1.80. The lowest BCUT2D eigenvalue weighted by molar-refractivity contribution is -0.137. The van der Waals surface area contributed by atoms with E-state index in [1.54, 1.807) is 55.7 Å². The number of fused-ring (bicyclic) bond motifs is 1. The second kappa shape index (κ2) is 8.71. The number of halogens is 4. The molecular weight excluding hydrogens is 455 g/mol.